The Labute approximate surface area is 103 Å². The molecule has 2 nitrogen and oxygen atoms in total. The van der Waals surface area contributed by atoms with E-state index in [-0.39, 0.29) is 5.41 Å². The van der Waals surface area contributed by atoms with Gasteiger partial charge in [0.2, 0.25) is 0 Å². The van der Waals surface area contributed by atoms with E-state index in [0.29, 0.717) is 0 Å². The van der Waals surface area contributed by atoms with Crippen molar-refractivity contribution in [3.8, 4) is 5.75 Å². The lowest BCUT2D eigenvalue weighted by Crippen LogP contribution is -2.37. The van der Waals surface area contributed by atoms with Crippen molar-refractivity contribution in [1.29, 1.82) is 0 Å². The van der Waals surface area contributed by atoms with Crippen molar-refractivity contribution >= 4 is 0 Å². The predicted octanol–water partition coefficient (Wildman–Crippen LogP) is 2.78. The van der Waals surface area contributed by atoms with E-state index < -0.39 is 0 Å². The molecule has 1 fully saturated rings. The third-order valence-corrected chi connectivity index (χ3v) is 4.49. The van der Waals surface area contributed by atoms with Crippen molar-refractivity contribution in [2.45, 2.75) is 43.9 Å². The van der Waals surface area contributed by atoms with E-state index >= 15 is 0 Å². The minimum Gasteiger partial charge on any atom is -0.493 e. The highest BCUT2D eigenvalue weighted by Gasteiger charge is 2.36. The van der Waals surface area contributed by atoms with Crippen molar-refractivity contribution in [3.63, 3.8) is 0 Å². The van der Waals surface area contributed by atoms with Crippen LogP contribution in [0, 0.1) is 0 Å². The zero-order chi connectivity index (χ0) is 11.7. The van der Waals surface area contributed by atoms with Gasteiger partial charge in [0.15, 0.2) is 0 Å². The molecule has 3 rings (SSSR count). The van der Waals surface area contributed by atoms with E-state index in [0.717, 1.165) is 25.3 Å². The van der Waals surface area contributed by atoms with Crippen LogP contribution < -0.4 is 10.5 Å². The molecule has 2 heteroatoms. The summed E-state index contributed by atoms with van der Waals surface area (Å²) in [5.74, 6) is 1.15. The van der Waals surface area contributed by atoms with Crippen LogP contribution in [-0.2, 0) is 11.8 Å². The van der Waals surface area contributed by atoms with Crippen LogP contribution in [0.4, 0.5) is 0 Å². The topological polar surface area (TPSA) is 35.2 Å². The van der Waals surface area contributed by atoms with Gasteiger partial charge in [0.1, 0.15) is 5.75 Å². The van der Waals surface area contributed by atoms with Crippen LogP contribution in [0.15, 0.2) is 18.2 Å². The molecule has 0 amide bonds. The van der Waals surface area contributed by atoms with Crippen LogP contribution in [0.5, 0.6) is 5.75 Å². The summed E-state index contributed by atoms with van der Waals surface area (Å²) in [7, 11) is 0. The lowest BCUT2D eigenvalue weighted by atomic mass is 9.69. The molecule has 1 aliphatic carbocycles. The Bertz CT molecular complexity index is 407. The van der Waals surface area contributed by atoms with Crippen molar-refractivity contribution in [2.75, 3.05) is 13.2 Å². The van der Waals surface area contributed by atoms with E-state index in [2.05, 4.69) is 18.2 Å². The first-order valence-electron chi connectivity index (χ1n) is 6.81. The van der Waals surface area contributed by atoms with Crippen LogP contribution in [0.1, 0.15) is 43.2 Å². The Morgan fingerprint density at radius 1 is 1.18 bits per heavy atom. The summed E-state index contributed by atoms with van der Waals surface area (Å²) in [4.78, 5) is 0. The third-order valence-electron chi connectivity index (χ3n) is 4.49. The van der Waals surface area contributed by atoms with Gasteiger partial charge < -0.3 is 10.5 Å². The van der Waals surface area contributed by atoms with E-state index in [4.69, 9.17) is 10.5 Å². The average molecular weight is 231 g/mol. The van der Waals surface area contributed by atoms with Gasteiger partial charge in [-0.1, -0.05) is 37.5 Å². The molecule has 17 heavy (non-hydrogen) atoms. The van der Waals surface area contributed by atoms with Crippen LogP contribution >= 0.6 is 0 Å². The Hall–Kier alpha value is -1.02. The fraction of sp³-hybridized carbons (Fsp3) is 0.600. The summed E-state index contributed by atoms with van der Waals surface area (Å²) in [5, 5.41) is 0. The SMILES string of the molecule is NCC1(c2cccc3c2OCC3)CCCCC1. The number of para-hydroxylation sites is 1. The summed E-state index contributed by atoms with van der Waals surface area (Å²) in [5.41, 5.74) is 9.06. The predicted molar refractivity (Wildman–Crippen MR) is 69.5 cm³/mol. The second kappa shape index (κ2) is 4.34. The van der Waals surface area contributed by atoms with Crippen LogP contribution in [-0.4, -0.2) is 13.2 Å². The molecule has 1 heterocycles. The fourth-order valence-corrected chi connectivity index (χ4v) is 3.44. The zero-order valence-corrected chi connectivity index (χ0v) is 10.4. The van der Waals surface area contributed by atoms with Crippen molar-refractivity contribution in [1.82, 2.24) is 0 Å². The summed E-state index contributed by atoms with van der Waals surface area (Å²) in [6.45, 7) is 1.60. The van der Waals surface area contributed by atoms with Gasteiger partial charge in [-0.25, -0.2) is 0 Å². The first kappa shape index (κ1) is 11.1. The summed E-state index contributed by atoms with van der Waals surface area (Å²) in [6, 6.07) is 6.61. The second-order valence-corrected chi connectivity index (χ2v) is 5.44. The number of rotatable bonds is 2. The van der Waals surface area contributed by atoms with Crippen LogP contribution in [0.2, 0.25) is 0 Å². The Morgan fingerprint density at radius 3 is 2.76 bits per heavy atom. The van der Waals surface area contributed by atoms with Gasteiger partial charge in [0, 0.05) is 23.9 Å². The fourth-order valence-electron chi connectivity index (χ4n) is 3.44. The van der Waals surface area contributed by atoms with Gasteiger partial charge in [0.25, 0.3) is 0 Å². The number of fused-ring (bicyclic) bond motifs is 1. The van der Waals surface area contributed by atoms with Crippen molar-refractivity contribution in [3.05, 3.63) is 29.3 Å². The quantitative estimate of drug-likeness (QED) is 0.849. The van der Waals surface area contributed by atoms with Gasteiger partial charge in [0.05, 0.1) is 6.61 Å². The molecule has 1 aliphatic heterocycles. The van der Waals surface area contributed by atoms with Gasteiger partial charge in [-0.2, -0.15) is 0 Å². The molecule has 0 aromatic heterocycles. The summed E-state index contributed by atoms with van der Waals surface area (Å²) < 4.78 is 5.85. The highest BCUT2D eigenvalue weighted by molar-refractivity contribution is 5.48. The van der Waals surface area contributed by atoms with E-state index in [1.54, 1.807) is 0 Å². The second-order valence-electron chi connectivity index (χ2n) is 5.44. The molecule has 0 saturated heterocycles. The van der Waals surface area contributed by atoms with Crippen molar-refractivity contribution < 1.29 is 4.74 Å². The minimum atomic E-state index is 0.188. The molecule has 1 aromatic carbocycles. The molecule has 0 spiro atoms. The largest absolute Gasteiger partial charge is 0.493 e. The normalized spacial score (nSPS) is 21.9. The summed E-state index contributed by atoms with van der Waals surface area (Å²) >= 11 is 0. The zero-order valence-electron chi connectivity index (χ0n) is 10.4. The maximum Gasteiger partial charge on any atom is 0.126 e. The number of hydrogen-bond acceptors (Lipinski definition) is 2. The monoisotopic (exact) mass is 231 g/mol. The Kier molecular flexibility index (Phi) is 2.83. The van der Waals surface area contributed by atoms with Crippen molar-refractivity contribution in [2.24, 2.45) is 5.73 Å². The molecule has 1 saturated carbocycles. The maximum atomic E-state index is 6.11. The number of nitrogens with two attached hydrogens (primary N) is 1. The Balaban J connectivity index is 2.04. The van der Waals surface area contributed by atoms with E-state index in [9.17, 15) is 0 Å². The minimum absolute atomic E-state index is 0.188. The van der Waals surface area contributed by atoms with Crippen LogP contribution in [0.3, 0.4) is 0 Å². The van der Waals surface area contributed by atoms with Gasteiger partial charge in [-0.05, 0) is 18.4 Å². The highest BCUT2D eigenvalue weighted by Crippen LogP contribution is 2.45. The molecule has 1 aromatic rings. The number of benzene rings is 1. The Morgan fingerprint density at radius 2 is 2.00 bits per heavy atom. The van der Waals surface area contributed by atoms with Gasteiger partial charge in [-0.15, -0.1) is 0 Å². The van der Waals surface area contributed by atoms with Gasteiger partial charge in [-0.3, -0.25) is 0 Å². The standard InChI is InChI=1S/C15H21NO/c16-11-15(8-2-1-3-9-15)13-6-4-5-12-7-10-17-14(12)13/h4-6H,1-3,7-11,16H2. The molecule has 0 bridgehead atoms. The van der Waals surface area contributed by atoms with Crippen LogP contribution in [0.25, 0.3) is 0 Å². The molecule has 0 unspecified atom stereocenters. The summed E-state index contributed by atoms with van der Waals surface area (Å²) in [6.07, 6.45) is 7.48. The highest BCUT2D eigenvalue weighted by atomic mass is 16.5. The van der Waals surface area contributed by atoms with E-state index in [1.807, 2.05) is 0 Å². The lowest BCUT2D eigenvalue weighted by molar-refractivity contribution is 0.282. The molecular weight excluding hydrogens is 210 g/mol. The lowest BCUT2D eigenvalue weighted by Gasteiger charge is -2.37. The number of hydrogen-bond donors (Lipinski definition) is 1. The molecular formula is C15H21NO. The van der Waals surface area contributed by atoms with E-state index in [1.165, 1.54) is 43.2 Å². The molecule has 0 radical (unpaired) electrons. The first-order chi connectivity index (χ1) is 8.36. The molecule has 92 valence electrons. The first-order valence-corrected chi connectivity index (χ1v) is 6.81. The maximum absolute atomic E-state index is 6.11. The molecule has 0 atom stereocenters. The number of ether oxygens (including phenoxy) is 1. The molecule has 2 N–H and O–H groups in total. The smallest absolute Gasteiger partial charge is 0.126 e. The average Bonchev–Trinajstić information content (AvgIpc) is 2.87. The van der Waals surface area contributed by atoms with Gasteiger partial charge >= 0.3 is 0 Å². The third kappa shape index (κ3) is 1.75. The molecule has 2 aliphatic rings.